The molecule has 0 heterocycles. The summed E-state index contributed by atoms with van der Waals surface area (Å²) >= 11 is 5.63. The van der Waals surface area contributed by atoms with Crippen molar-refractivity contribution in [1.82, 2.24) is 0 Å². The van der Waals surface area contributed by atoms with Crippen LogP contribution in [0.1, 0.15) is 75.7 Å². The topological polar surface area (TPSA) is 0 Å². The van der Waals surface area contributed by atoms with Gasteiger partial charge in [0.05, 0.1) is 0 Å². The summed E-state index contributed by atoms with van der Waals surface area (Å²) in [6.07, 6.45) is 14.9. The van der Waals surface area contributed by atoms with Gasteiger partial charge in [-0.15, -0.1) is 6.58 Å². The van der Waals surface area contributed by atoms with Crippen molar-refractivity contribution in [2.24, 2.45) is 29.6 Å². The molecule has 0 nitrogen and oxygen atoms in total. The van der Waals surface area contributed by atoms with Gasteiger partial charge in [0.25, 0.3) is 0 Å². The first kappa shape index (κ1) is 19.4. The third-order valence-electron chi connectivity index (χ3n) is 7.94. The van der Waals surface area contributed by atoms with E-state index >= 15 is 0 Å². The second-order valence-corrected chi connectivity index (χ2v) is 9.69. The lowest BCUT2D eigenvalue weighted by molar-refractivity contribution is 0.0719. The van der Waals surface area contributed by atoms with Crippen molar-refractivity contribution < 1.29 is 8.78 Å². The molecule has 4 atom stereocenters. The van der Waals surface area contributed by atoms with Crippen LogP contribution in [0.15, 0.2) is 24.8 Å². The van der Waals surface area contributed by atoms with Gasteiger partial charge in [-0.3, -0.25) is 0 Å². The molecule has 0 aromatic heterocycles. The lowest BCUT2D eigenvalue weighted by Crippen LogP contribution is -2.34. The Labute approximate surface area is 167 Å². The Morgan fingerprint density at radius 3 is 1.93 bits per heavy atom. The molecule has 0 amide bonds. The minimum absolute atomic E-state index is 0.280. The van der Waals surface area contributed by atoms with Crippen molar-refractivity contribution >= 4 is 11.6 Å². The van der Waals surface area contributed by atoms with Gasteiger partial charge < -0.3 is 0 Å². The van der Waals surface area contributed by atoms with Gasteiger partial charge in [0.15, 0.2) is 0 Å². The summed E-state index contributed by atoms with van der Waals surface area (Å²) in [7, 11) is 0. The van der Waals surface area contributed by atoms with Crippen LogP contribution in [0.5, 0.6) is 0 Å². The molecule has 3 fully saturated rings. The van der Waals surface area contributed by atoms with Crippen molar-refractivity contribution in [2.45, 2.75) is 70.1 Å². The van der Waals surface area contributed by atoms with Gasteiger partial charge in [-0.2, -0.15) is 0 Å². The molecule has 4 unspecified atom stereocenters. The summed E-state index contributed by atoms with van der Waals surface area (Å²) in [5.41, 5.74) is 0.791. The molecule has 3 saturated carbocycles. The van der Waals surface area contributed by atoms with Crippen molar-refractivity contribution in [2.75, 3.05) is 0 Å². The van der Waals surface area contributed by atoms with Crippen molar-refractivity contribution in [3.63, 3.8) is 0 Å². The molecule has 0 radical (unpaired) electrons. The number of hydrogen-bond acceptors (Lipinski definition) is 0. The third-order valence-corrected chi connectivity index (χ3v) is 8.30. The van der Waals surface area contributed by atoms with Crippen LogP contribution in [-0.4, -0.2) is 0 Å². The molecule has 3 heteroatoms. The molecule has 4 rings (SSSR count). The first-order valence-corrected chi connectivity index (χ1v) is 11.2. The average molecular weight is 393 g/mol. The van der Waals surface area contributed by atoms with Crippen molar-refractivity contribution in [1.29, 1.82) is 0 Å². The summed E-state index contributed by atoms with van der Waals surface area (Å²) in [4.78, 5) is 0. The SMILES string of the molecule is C=CC1CCC2CC(C3CCC(c4cc(F)c(Cl)c(F)c4)CC3)CCC2C1. The van der Waals surface area contributed by atoms with Crippen LogP contribution in [0.25, 0.3) is 0 Å². The van der Waals surface area contributed by atoms with E-state index in [1.807, 2.05) is 0 Å². The fourth-order valence-electron chi connectivity index (χ4n) is 6.34. The highest BCUT2D eigenvalue weighted by atomic mass is 35.5. The van der Waals surface area contributed by atoms with E-state index in [4.69, 9.17) is 11.6 Å². The molecule has 0 spiro atoms. The van der Waals surface area contributed by atoms with E-state index < -0.39 is 11.6 Å². The van der Waals surface area contributed by atoms with Crippen LogP contribution in [0.3, 0.4) is 0 Å². The Kier molecular flexibility index (Phi) is 5.92. The zero-order valence-electron chi connectivity index (χ0n) is 16.1. The molecule has 3 aliphatic carbocycles. The largest absolute Gasteiger partial charge is 0.205 e. The number of halogens is 3. The van der Waals surface area contributed by atoms with E-state index in [1.54, 1.807) is 0 Å². The second-order valence-electron chi connectivity index (χ2n) is 9.31. The summed E-state index contributed by atoms with van der Waals surface area (Å²) in [5, 5.41) is -0.379. The van der Waals surface area contributed by atoms with Crippen LogP contribution in [0.4, 0.5) is 8.78 Å². The zero-order chi connectivity index (χ0) is 19.0. The van der Waals surface area contributed by atoms with E-state index in [2.05, 4.69) is 12.7 Å². The molecule has 0 aliphatic heterocycles. The summed E-state index contributed by atoms with van der Waals surface area (Å²) < 4.78 is 27.6. The predicted molar refractivity (Wildman–Crippen MR) is 108 cm³/mol. The molecule has 0 saturated heterocycles. The van der Waals surface area contributed by atoms with Gasteiger partial charge in [-0.05, 0) is 117 Å². The van der Waals surface area contributed by atoms with Crippen LogP contribution in [0, 0.1) is 41.2 Å². The van der Waals surface area contributed by atoms with E-state index in [9.17, 15) is 8.78 Å². The van der Waals surface area contributed by atoms with Crippen LogP contribution in [-0.2, 0) is 0 Å². The van der Waals surface area contributed by atoms with Gasteiger partial charge >= 0.3 is 0 Å². The molecule has 1 aromatic rings. The van der Waals surface area contributed by atoms with Crippen molar-refractivity contribution in [3.05, 3.63) is 47.0 Å². The Hall–Kier alpha value is -0.890. The fraction of sp³-hybridized carbons (Fsp3) is 0.667. The van der Waals surface area contributed by atoms with Gasteiger partial charge in [0.1, 0.15) is 16.7 Å². The Morgan fingerprint density at radius 2 is 1.30 bits per heavy atom. The Morgan fingerprint density at radius 1 is 0.778 bits per heavy atom. The minimum atomic E-state index is -0.623. The van der Waals surface area contributed by atoms with Crippen LogP contribution < -0.4 is 0 Å². The number of fused-ring (bicyclic) bond motifs is 1. The smallest absolute Gasteiger partial charge is 0.145 e. The third kappa shape index (κ3) is 4.11. The van der Waals surface area contributed by atoms with E-state index in [0.29, 0.717) is 0 Å². The highest BCUT2D eigenvalue weighted by molar-refractivity contribution is 6.30. The highest BCUT2D eigenvalue weighted by Crippen LogP contribution is 2.50. The van der Waals surface area contributed by atoms with Gasteiger partial charge in [-0.25, -0.2) is 8.78 Å². The number of hydrogen-bond donors (Lipinski definition) is 0. The summed E-state index contributed by atoms with van der Waals surface area (Å²) in [5.74, 6) is 3.31. The van der Waals surface area contributed by atoms with Crippen molar-refractivity contribution in [3.8, 4) is 0 Å². The lowest BCUT2D eigenvalue weighted by Gasteiger charge is -2.45. The highest BCUT2D eigenvalue weighted by Gasteiger charge is 2.38. The number of allylic oxidation sites excluding steroid dienone is 1. The van der Waals surface area contributed by atoms with E-state index in [-0.39, 0.29) is 10.9 Å². The predicted octanol–water partition coefficient (Wildman–Crippen LogP) is 7.91. The summed E-state index contributed by atoms with van der Waals surface area (Å²) in [6.45, 7) is 4.00. The van der Waals surface area contributed by atoms with Gasteiger partial charge in [0, 0.05) is 0 Å². The van der Waals surface area contributed by atoms with Crippen LogP contribution in [0.2, 0.25) is 5.02 Å². The molecule has 3 aliphatic rings. The normalized spacial score (nSPS) is 36.9. The molecular formula is C24H31ClF2. The molecular weight excluding hydrogens is 362 g/mol. The fourth-order valence-corrected chi connectivity index (χ4v) is 6.45. The standard InChI is InChI=1S/C24H31ClF2/c1-2-15-3-4-20-12-19(10-9-18(20)11-15)16-5-7-17(8-6-16)21-13-22(26)24(25)23(27)14-21/h2,13-20H,1,3-12H2. The average Bonchev–Trinajstić information content (AvgIpc) is 2.71. The van der Waals surface area contributed by atoms with Gasteiger partial charge in [0.2, 0.25) is 0 Å². The maximum Gasteiger partial charge on any atom is 0.145 e. The second kappa shape index (κ2) is 8.23. The molecule has 1 aromatic carbocycles. The van der Waals surface area contributed by atoms with E-state index in [1.165, 1.54) is 63.5 Å². The monoisotopic (exact) mass is 392 g/mol. The van der Waals surface area contributed by atoms with Gasteiger partial charge in [-0.1, -0.05) is 17.7 Å². The van der Waals surface area contributed by atoms with Crippen LogP contribution >= 0.6 is 11.6 Å². The summed E-state index contributed by atoms with van der Waals surface area (Å²) in [6, 6.07) is 2.89. The maximum atomic E-state index is 13.8. The molecule has 27 heavy (non-hydrogen) atoms. The maximum absolute atomic E-state index is 13.8. The zero-order valence-corrected chi connectivity index (χ0v) is 16.9. The lowest BCUT2D eigenvalue weighted by atomic mass is 9.61. The van der Waals surface area contributed by atoms with E-state index in [0.717, 1.165) is 48.0 Å². The molecule has 148 valence electrons. The Balaban J connectivity index is 1.33. The first-order chi connectivity index (χ1) is 13.0. The quantitative estimate of drug-likeness (QED) is 0.362. The molecule has 0 bridgehead atoms. The molecule has 0 N–H and O–H groups in total. The number of rotatable bonds is 3. The Bertz CT molecular complexity index is 654. The minimum Gasteiger partial charge on any atom is -0.205 e. The first-order valence-electron chi connectivity index (χ1n) is 10.8. The number of benzene rings is 1.